The standard InChI is InChI=1S/C12H16BrN5O/c1-2-6-18-11(3-4-15-18)12(19)14-5-7-17-9-10(13)8-16-17/h3-4,8-9H,2,5-7H2,1H3,(H,14,19). The minimum atomic E-state index is -0.0998. The van der Waals surface area contributed by atoms with Crippen molar-refractivity contribution in [1.29, 1.82) is 0 Å². The molecule has 0 aliphatic carbocycles. The molecule has 0 saturated heterocycles. The Kier molecular flexibility index (Phi) is 4.73. The van der Waals surface area contributed by atoms with E-state index >= 15 is 0 Å². The van der Waals surface area contributed by atoms with Crippen LogP contribution in [0.5, 0.6) is 0 Å². The molecule has 0 aromatic carbocycles. The van der Waals surface area contributed by atoms with Crippen LogP contribution in [-0.4, -0.2) is 32.0 Å². The molecule has 2 aromatic heterocycles. The topological polar surface area (TPSA) is 64.7 Å². The van der Waals surface area contributed by atoms with Gasteiger partial charge in [-0.1, -0.05) is 6.92 Å². The van der Waals surface area contributed by atoms with Crippen LogP contribution in [0, 0.1) is 0 Å². The van der Waals surface area contributed by atoms with Crippen LogP contribution in [0.1, 0.15) is 23.8 Å². The number of carbonyl (C=O) groups is 1. The highest BCUT2D eigenvalue weighted by molar-refractivity contribution is 9.10. The second-order valence-corrected chi connectivity index (χ2v) is 5.03. The summed E-state index contributed by atoms with van der Waals surface area (Å²) in [4.78, 5) is 12.0. The van der Waals surface area contributed by atoms with Crippen LogP contribution in [0.2, 0.25) is 0 Å². The molecule has 0 saturated carbocycles. The van der Waals surface area contributed by atoms with Gasteiger partial charge in [-0.15, -0.1) is 0 Å². The number of halogens is 1. The van der Waals surface area contributed by atoms with E-state index in [4.69, 9.17) is 0 Å². The Morgan fingerprint density at radius 2 is 2.26 bits per heavy atom. The predicted octanol–water partition coefficient (Wildman–Crippen LogP) is 1.68. The molecule has 0 atom stereocenters. The van der Waals surface area contributed by atoms with Crippen LogP contribution in [0.3, 0.4) is 0 Å². The molecular weight excluding hydrogens is 310 g/mol. The molecule has 7 heteroatoms. The zero-order valence-corrected chi connectivity index (χ0v) is 12.3. The van der Waals surface area contributed by atoms with Gasteiger partial charge in [-0.3, -0.25) is 14.2 Å². The van der Waals surface area contributed by atoms with Crippen molar-refractivity contribution in [2.75, 3.05) is 6.54 Å². The Balaban J connectivity index is 1.85. The summed E-state index contributed by atoms with van der Waals surface area (Å²) in [5, 5.41) is 11.1. The van der Waals surface area contributed by atoms with Crippen molar-refractivity contribution in [2.24, 2.45) is 0 Å². The lowest BCUT2D eigenvalue weighted by Crippen LogP contribution is -2.29. The molecule has 0 fully saturated rings. The van der Waals surface area contributed by atoms with Gasteiger partial charge in [0.05, 0.1) is 17.2 Å². The van der Waals surface area contributed by atoms with Crippen molar-refractivity contribution in [3.05, 3.63) is 34.8 Å². The third-order valence-corrected chi connectivity index (χ3v) is 3.02. The molecule has 0 aliphatic heterocycles. The Hall–Kier alpha value is -1.63. The maximum atomic E-state index is 12.0. The number of amides is 1. The summed E-state index contributed by atoms with van der Waals surface area (Å²) >= 11 is 3.33. The number of rotatable bonds is 6. The number of nitrogens with one attached hydrogen (secondary N) is 1. The van der Waals surface area contributed by atoms with E-state index in [9.17, 15) is 4.79 Å². The Bertz CT molecular complexity index is 548. The zero-order valence-electron chi connectivity index (χ0n) is 10.7. The first-order valence-electron chi connectivity index (χ1n) is 6.18. The molecule has 2 rings (SSSR count). The maximum Gasteiger partial charge on any atom is 0.269 e. The van der Waals surface area contributed by atoms with Crippen LogP contribution in [0.25, 0.3) is 0 Å². The van der Waals surface area contributed by atoms with Crippen molar-refractivity contribution in [3.8, 4) is 0 Å². The smallest absolute Gasteiger partial charge is 0.269 e. The SMILES string of the molecule is CCCn1nccc1C(=O)NCCn1cc(Br)cn1. The van der Waals surface area contributed by atoms with E-state index in [1.807, 2.05) is 6.20 Å². The third kappa shape index (κ3) is 3.66. The molecular formula is C12H16BrN5O. The highest BCUT2D eigenvalue weighted by Gasteiger charge is 2.10. The van der Waals surface area contributed by atoms with Crippen LogP contribution < -0.4 is 5.32 Å². The van der Waals surface area contributed by atoms with Crippen LogP contribution in [0.15, 0.2) is 29.1 Å². The monoisotopic (exact) mass is 325 g/mol. The molecule has 6 nitrogen and oxygen atoms in total. The first-order chi connectivity index (χ1) is 9.20. The fourth-order valence-electron chi connectivity index (χ4n) is 1.75. The third-order valence-electron chi connectivity index (χ3n) is 2.61. The predicted molar refractivity (Wildman–Crippen MR) is 74.8 cm³/mol. The molecule has 19 heavy (non-hydrogen) atoms. The number of carbonyl (C=O) groups excluding carboxylic acids is 1. The zero-order chi connectivity index (χ0) is 13.7. The number of hydrogen-bond acceptors (Lipinski definition) is 3. The average molecular weight is 326 g/mol. The summed E-state index contributed by atoms with van der Waals surface area (Å²) in [7, 11) is 0. The van der Waals surface area contributed by atoms with Crippen molar-refractivity contribution < 1.29 is 4.79 Å². The van der Waals surface area contributed by atoms with Gasteiger partial charge in [0.2, 0.25) is 0 Å². The molecule has 2 aromatic rings. The molecule has 0 aliphatic rings. The number of aromatic nitrogens is 4. The highest BCUT2D eigenvalue weighted by atomic mass is 79.9. The van der Waals surface area contributed by atoms with Gasteiger partial charge in [0, 0.05) is 25.5 Å². The second kappa shape index (κ2) is 6.51. The Labute approximate surface area is 119 Å². The molecule has 1 amide bonds. The van der Waals surface area contributed by atoms with Crippen LogP contribution >= 0.6 is 15.9 Å². The second-order valence-electron chi connectivity index (χ2n) is 4.12. The first kappa shape index (κ1) is 13.8. The summed E-state index contributed by atoms with van der Waals surface area (Å²) in [6, 6.07) is 1.73. The summed E-state index contributed by atoms with van der Waals surface area (Å²) in [5.74, 6) is -0.0998. The van der Waals surface area contributed by atoms with Gasteiger partial charge in [0.25, 0.3) is 5.91 Å². The molecule has 0 unspecified atom stereocenters. The van der Waals surface area contributed by atoms with E-state index in [1.54, 1.807) is 27.8 Å². The van der Waals surface area contributed by atoms with Gasteiger partial charge >= 0.3 is 0 Å². The lowest BCUT2D eigenvalue weighted by Gasteiger charge is -2.07. The fourth-order valence-corrected chi connectivity index (χ4v) is 2.08. The number of nitrogens with zero attached hydrogens (tertiary/aromatic N) is 4. The Morgan fingerprint density at radius 3 is 2.95 bits per heavy atom. The van der Waals surface area contributed by atoms with Gasteiger partial charge in [0.1, 0.15) is 5.69 Å². The van der Waals surface area contributed by atoms with Crippen LogP contribution in [-0.2, 0) is 13.1 Å². The van der Waals surface area contributed by atoms with Crippen molar-refractivity contribution in [3.63, 3.8) is 0 Å². The van der Waals surface area contributed by atoms with Crippen LogP contribution in [0.4, 0.5) is 0 Å². The van der Waals surface area contributed by atoms with E-state index in [-0.39, 0.29) is 5.91 Å². The van der Waals surface area contributed by atoms with E-state index in [2.05, 4.69) is 38.4 Å². The molecule has 0 spiro atoms. The Morgan fingerprint density at radius 1 is 1.42 bits per heavy atom. The quantitative estimate of drug-likeness (QED) is 0.878. The molecule has 102 valence electrons. The molecule has 0 bridgehead atoms. The normalized spacial score (nSPS) is 10.6. The summed E-state index contributed by atoms with van der Waals surface area (Å²) in [5.41, 5.74) is 0.600. The first-order valence-corrected chi connectivity index (χ1v) is 6.98. The van der Waals surface area contributed by atoms with Gasteiger partial charge in [-0.2, -0.15) is 10.2 Å². The largest absolute Gasteiger partial charge is 0.349 e. The molecule has 2 heterocycles. The fraction of sp³-hybridized carbons (Fsp3) is 0.417. The summed E-state index contributed by atoms with van der Waals surface area (Å²) in [6.45, 7) is 3.98. The summed E-state index contributed by atoms with van der Waals surface area (Å²) < 4.78 is 4.42. The van der Waals surface area contributed by atoms with Crippen molar-refractivity contribution in [2.45, 2.75) is 26.4 Å². The van der Waals surface area contributed by atoms with Gasteiger partial charge in [0.15, 0.2) is 0 Å². The van der Waals surface area contributed by atoms with Gasteiger partial charge in [-0.25, -0.2) is 0 Å². The average Bonchev–Trinajstić information content (AvgIpc) is 2.99. The van der Waals surface area contributed by atoms with Gasteiger partial charge < -0.3 is 5.32 Å². The van der Waals surface area contributed by atoms with E-state index in [0.717, 1.165) is 17.4 Å². The van der Waals surface area contributed by atoms with Crippen molar-refractivity contribution >= 4 is 21.8 Å². The molecule has 1 N–H and O–H groups in total. The highest BCUT2D eigenvalue weighted by Crippen LogP contribution is 2.05. The number of aryl methyl sites for hydroxylation is 1. The summed E-state index contributed by atoms with van der Waals surface area (Å²) in [6.07, 6.45) is 6.18. The number of hydrogen-bond donors (Lipinski definition) is 1. The lowest BCUT2D eigenvalue weighted by atomic mass is 10.3. The minimum Gasteiger partial charge on any atom is -0.349 e. The minimum absolute atomic E-state index is 0.0998. The lowest BCUT2D eigenvalue weighted by molar-refractivity contribution is 0.0941. The van der Waals surface area contributed by atoms with Crippen molar-refractivity contribution in [1.82, 2.24) is 24.9 Å². The van der Waals surface area contributed by atoms with Gasteiger partial charge in [-0.05, 0) is 28.4 Å². The van der Waals surface area contributed by atoms with E-state index in [0.29, 0.717) is 18.8 Å². The van der Waals surface area contributed by atoms with E-state index in [1.165, 1.54) is 0 Å². The molecule has 0 radical (unpaired) electrons. The van der Waals surface area contributed by atoms with E-state index < -0.39 is 0 Å². The maximum absolute atomic E-state index is 12.0.